The number of anilines is 2. The largest absolute Gasteiger partial charge is 0.495 e. The standard InChI is InChI=1S/C13H14N2O3/c1-8-5-9(7-18-8)13(16)15-10-3-4-11(14)12(6-10)17-2/h3-7H,14H2,1-2H3,(H,15,16). The van der Waals surface area contributed by atoms with E-state index >= 15 is 0 Å². The molecule has 2 rings (SSSR count). The summed E-state index contributed by atoms with van der Waals surface area (Å²) in [5, 5.41) is 2.74. The van der Waals surface area contributed by atoms with Gasteiger partial charge in [-0.1, -0.05) is 0 Å². The van der Waals surface area contributed by atoms with Crippen molar-refractivity contribution in [3.05, 3.63) is 41.9 Å². The summed E-state index contributed by atoms with van der Waals surface area (Å²) in [6.45, 7) is 1.78. The van der Waals surface area contributed by atoms with Crippen molar-refractivity contribution in [2.75, 3.05) is 18.2 Å². The molecule has 0 aliphatic heterocycles. The Bertz CT molecular complexity index is 575. The van der Waals surface area contributed by atoms with Gasteiger partial charge in [-0.25, -0.2) is 0 Å². The molecule has 0 radical (unpaired) electrons. The number of ether oxygens (including phenoxy) is 1. The average molecular weight is 246 g/mol. The maximum Gasteiger partial charge on any atom is 0.258 e. The van der Waals surface area contributed by atoms with Crippen molar-refractivity contribution < 1.29 is 13.9 Å². The molecule has 0 saturated carbocycles. The molecular weight excluding hydrogens is 232 g/mol. The van der Waals surface area contributed by atoms with Gasteiger partial charge in [0.2, 0.25) is 0 Å². The lowest BCUT2D eigenvalue weighted by Crippen LogP contribution is -2.11. The molecule has 94 valence electrons. The number of carbonyl (C=O) groups excluding carboxylic acids is 1. The van der Waals surface area contributed by atoms with E-state index in [1.54, 1.807) is 31.2 Å². The molecule has 0 aliphatic carbocycles. The van der Waals surface area contributed by atoms with Gasteiger partial charge < -0.3 is 20.2 Å². The Morgan fingerprint density at radius 2 is 2.17 bits per heavy atom. The van der Waals surface area contributed by atoms with Crippen LogP contribution in [0.3, 0.4) is 0 Å². The van der Waals surface area contributed by atoms with E-state index in [9.17, 15) is 4.79 Å². The zero-order valence-electron chi connectivity index (χ0n) is 10.2. The predicted octanol–water partition coefficient (Wildman–Crippen LogP) is 2.43. The number of carbonyl (C=O) groups is 1. The van der Waals surface area contributed by atoms with E-state index in [4.69, 9.17) is 14.9 Å². The fourth-order valence-corrected chi connectivity index (χ4v) is 1.55. The van der Waals surface area contributed by atoms with Crippen molar-refractivity contribution in [1.82, 2.24) is 0 Å². The quantitative estimate of drug-likeness (QED) is 0.815. The number of amides is 1. The fraction of sp³-hybridized carbons (Fsp3) is 0.154. The number of hydrogen-bond donors (Lipinski definition) is 2. The molecule has 3 N–H and O–H groups in total. The molecule has 0 spiro atoms. The van der Waals surface area contributed by atoms with Crippen LogP contribution in [-0.2, 0) is 0 Å². The highest BCUT2D eigenvalue weighted by atomic mass is 16.5. The number of nitrogen functional groups attached to an aromatic ring is 1. The maximum atomic E-state index is 11.9. The number of methoxy groups -OCH3 is 1. The Balaban J connectivity index is 2.16. The van der Waals surface area contributed by atoms with Crippen molar-refractivity contribution in [2.45, 2.75) is 6.92 Å². The Morgan fingerprint density at radius 1 is 1.39 bits per heavy atom. The lowest BCUT2D eigenvalue weighted by molar-refractivity contribution is 0.102. The molecule has 0 saturated heterocycles. The van der Waals surface area contributed by atoms with Crippen molar-refractivity contribution in [3.63, 3.8) is 0 Å². The number of nitrogens with two attached hydrogens (primary N) is 1. The maximum absolute atomic E-state index is 11.9. The highest BCUT2D eigenvalue weighted by molar-refractivity contribution is 6.04. The van der Waals surface area contributed by atoms with Gasteiger partial charge in [-0.3, -0.25) is 4.79 Å². The minimum absolute atomic E-state index is 0.237. The monoisotopic (exact) mass is 246 g/mol. The van der Waals surface area contributed by atoms with Crippen LogP contribution in [0, 0.1) is 6.92 Å². The van der Waals surface area contributed by atoms with E-state index in [-0.39, 0.29) is 5.91 Å². The number of benzene rings is 1. The van der Waals surface area contributed by atoms with Crippen LogP contribution in [0.4, 0.5) is 11.4 Å². The summed E-state index contributed by atoms with van der Waals surface area (Å²) >= 11 is 0. The highest BCUT2D eigenvalue weighted by Gasteiger charge is 2.10. The van der Waals surface area contributed by atoms with Crippen LogP contribution in [0.15, 0.2) is 34.9 Å². The van der Waals surface area contributed by atoms with Crippen molar-refractivity contribution in [2.24, 2.45) is 0 Å². The van der Waals surface area contributed by atoms with Gasteiger partial charge in [0, 0.05) is 11.8 Å². The number of hydrogen-bond acceptors (Lipinski definition) is 4. The van der Waals surface area contributed by atoms with Crippen LogP contribution in [0.1, 0.15) is 16.1 Å². The molecule has 5 heteroatoms. The summed E-state index contributed by atoms with van der Waals surface area (Å²) in [4.78, 5) is 11.9. The van der Waals surface area contributed by atoms with Crippen LogP contribution < -0.4 is 15.8 Å². The predicted molar refractivity (Wildman–Crippen MR) is 68.8 cm³/mol. The first-order valence-electron chi connectivity index (χ1n) is 5.40. The zero-order valence-corrected chi connectivity index (χ0v) is 10.2. The molecular formula is C13H14N2O3. The molecule has 0 atom stereocenters. The molecule has 5 nitrogen and oxygen atoms in total. The third kappa shape index (κ3) is 2.45. The first-order valence-corrected chi connectivity index (χ1v) is 5.40. The molecule has 0 unspecified atom stereocenters. The second kappa shape index (κ2) is 4.83. The fourth-order valence-electron chi connectivity index (χ4n) is 1.55. The van der Waals surface area contributed by atoms with E-state index in [2.05, 4.69) is 5.32 Å². The molecule has 1 aromatic carbocycles. The van der Waals surface area contributed by atoms with Crippen LogP contribution >= 0.6 is 0 Å². The molecule has 0 fully saturated rings. The Labute approximate surface area is 105 Å². The van der Waals surface area contributed by atoms with Crippen molar-refractivity contribution in [3.8, 4) is 5.75 Å². The van der Waals surface area contributed by atoms with Crippen LogP contribution in [-0.4, -0.2) is 13.0 Å². The molecule has 18 heavy (non-hydrogen) atoms. The van der Waals surface area contributed by atoms with Gasteiger partial charge in [-0.05, 0) is 25.1 Å². The van der Waals surface area contributed by atoms with Gasteiger partial charge in [0.25, 0.3) is 5.91 Å². The smallest absolute Gasteiger partial charge is 0.258 e. The number of rotatable bonds is 3. The highest BCUT2D eigenvalue weighted by Crippen LogP contribution is 2.25. The third-order valence-corrected chi connectivity index (χ3v) is 2.48. The number of nitrogens with one attached hydrogen (secondary N) is 1. The zero-order chi connectivity index (χ0) is 13.1. The van der Waals surface area contributed by atoms with Crippen molar-refractivity contribution >= 4 is 17.3 Å². The molecule has 0 aliphatic rings. The van der Waals surface area contributed by atoms with Gasteiger partial charge in [-0.15, -0.1) is 0 Å². The summed E-state index contributed by atoms with van der Waals surface area (Å²) in [5.74, 6) is 0.977. The summed E-state index contributed by atoms with van der Waals surface area (Å²) in [7, 11) is 1.52. The van der Waals surface area contributed by atoms with Crippen molar-refractivity contribution in [1.29, 1.82) is 0 Å². The normalized spacial score (nSPS) is 10.1. The topological polar surface area (TPSA) is 77.5 Å². The van der Waals surface area contributed by atoms with Gasteiger partial charge in [0.05, 0.1) is 18.4 Å². The summed E-state index contributed by atoms with van der Waals surface area (Å²) in [6.07, 6.45) is 1.42. The molecule has 1 aromatic heterocycles. The van der Waals surface area contributed by atoms with Gasteiger partial charge in [-0.2, -0.15) is 0 Å². The second-order valence-electron chi connectivity index (χ2n) is 3.86. The van der Waals surface area contributed by atoms with E-state index < -0.39 is 0 Å². The summed E-state index contributed by atoms with van der Waals surface area (Å²) in [5.41, 5.74) is 7.31. The minimum Gasteiger partial charge on any atom is -0.495 e. The first kappa shape index (κ1) is 12.0. The number of furan rings is 1. The molecule has 1 amide bonds. The molecule has 0 bridgehead atoms. The first-order chi connectivity index (χ1) is 8.60. The Hall–Kier alpha value is -2.43. The Kier molecular flexibility index (Phi) is 3.23. The average Bonchev–Trinajstić information content (AvgIpc) is 2.78. The number of aryl methyl sites for hydroxylation is 1. The van der Waals surface area contributed by atoms with Crippen LogP contribution in [0.25, 0.3) is 0 Å². The van der Waals surface area contributed by atoms with E-state index in [0.717, 1.165) is 0 Å². The molecule has 2 aromatic rings. The van der Waals surface area contributed by atoms with E-state index in [1.165, 1.54) is 13.4 Å². The minimum atomic E-state index is -0.237. The summed E-state index contributed by atoms with van der Waals surface area (Å²) < 4.78 is 10.2. The van der Waals surface area contributed by atoms with Gasteiger partial charge in [0.1, 0.15) is 17.8 Å². The lowest BCUT2D eigenvalue weighted by Gasteiger charge is -2.08. The van der Waals surface area contributed by atoms with Crippen LogP contribution in [0.2, 0.25) is 0 Å². The SMILES string of the molecule is COc1cc(NC(=O)c2coc(C)c2)ccc1N. The van der Waals surface area contributed by atoms with E-state index in [1.807, 2.05) is 0 Å². The second-order valence-corrected chi connectivity index (χ2v) is 3.86. The Morgan fingerprint density at radius 3 is 2.78 bits per heavy atom. The summed E-state index contributed by atoms with van der Waals surface area (Å²) in [6, 6.07) is 6.72. The third-order valence-electron chi connectivity index (χ3n) is 2.48. The van der Waals surface area contributed by atoms with Crippen LogP contribution in [0.5, 0.6) is 5.75 Å². The molecule has 1 heterocycles. The lowest BCUT2D eigenvalue weighted by atomic mass is 10.2. The van der Waals surface area contributed by atoms with Gasteiger partial charge in [0.15, 0.2) is 0 Å². The van der Waals surface area contributed by atoms with Gasteiger partial charge >= 0.3 is 0 Å². The van der Waals surface area contributed by atoms with E-state index in [0.29, 0.717) is 28.4 Å².